The van der Waals surface area contributed by atoms with E-state index < -0.39 is 0 Å². The van der Waals surface area contributed by atoms with E-state index in [4.69, 9.17) is 22.1 Å². The van der Waals surface area contributed by atoms with Gasteiger partial charge in [-0.2, -0.15) is 0 Å². The van der Waals surface area contributed by atoms with E-state index in [0.717, 1.165) is 32.6 Å². The second-order valence-corrected chi connectivity index (χ2v) is 4.62. The minimum atomic E-state index is 0.312. The molecule has 1 fully saturated rings. The summed E-state index contributed by atoms with van der Waals surface area (Å²) < 4.78 is 5.31. The summed E-state index contributed by atoms with van der Waals surface area (Å²) in [5.74, 6) is 1.87. The molecule has 0 amide bonds. The van der Waals surface area contributed by atoms with Crippen LogP contribution in [0.3, 0.4) is 0 Å². The number of aromatic nitrogens is 2. The Bertz CT molecular complexity index is 393. The Morgan fingerprint density at radius 2 is 2.12 bits per heavy atom. The van der Waals surface area contributed by atoms with Crippen molar-refractivity contribution in [1.82, 2.24) is 9.97 Å². The number of nitrogens with zero attached hydrogens (tertiary/aromatic N) is 2. The first-order valence-corrected chi connectivity index (χ1v) is 6.16. The fourth-order valence-electron chi connectivity index (χ4n) is 1.87. The summed E-state index contributed by atoms with van der Waals surface area (Å²) in [7, 11) is 0. The number of hydrogen-bond donors (Lipinski definition) is 2. The maximum absolute atomic E-state index is 5.90. The van der Waals surface area contributed by atoms with Gasteiger partial charge >= 0.3 is 0 Å². The molecule has 0 aliphatic carbocycles. The van der Waals surface area contributed by atoms with Gasteiger partial charge < -0.3 is 15.8 Å². The molecule has 1 saturated heterocycles. The van der Waals surface area contributed by atoms with Crippen molar-refractivity contribution >= 4 is 23.1 Å². The third kappa shape index (κ3) is 3.20. The van der Waals surface area contributed by atoms with Gasteiger partial charge in [-0.3, -0.25) is 0 Å². The van der Waals surface area contributed by atoms with E-state index in [9.17, 15) is 0 Å². The molecule has 0 bridgehead atoms. The highest BCUT2D eigenvalue weighted by molar-refractivity contribution is 6.32. The maximum atomic E-state index is 5.90. The molecule has 0 radical (unpaired) electrons. The zero-order valence-corrected chi connectivity index (χ0v) is 10.6. The molecule has 94 valence electrons. The van der Waals surface area contributed by atoms with E-state index in [2.05, 4.69) is 15.3 Å². The summed E-state index contributed by atoms with van der Waals surface area (Å²) in [4.78, 5) is 8.25. The van der Waals surface area contributed by atoms with Gasteiger partial charge in [0, 0.05) is 19.8 Å². The summed E-state index contributed by atoms with van der Waals surface area (Å²) in [5, 5.41) is 3.56. The molecule has 2 rings (SSSR count). The van der Waals surface area contributed by atoms with Crippen LogP contribution in [0.2, 0.25) is 5.15 Å². The SMILES string of the molecule is Cc1nc(Cl)c(N)c(NCC2CCOCC2)n1. The van der Waals surface area contributed by atoms with Crippen LogP contribution in [0.1, 0.15) is 18.7 Å². The highest BCUT2D eigenvalue weighted by atomic mass is 35.5. The number of anilines is 2. The van der Waals surface area contributed by atoms with Crippen LogP contribution in [0.4, 0.5) is 11.5 Å². The molecule has 0 spiro atoms. The van der Waals surface area contributed by atoms with E-state index in [1.807, 2.05) is 0 Å². The zero-order chi connectivity index (χ0) is 12.3. The topological polar surface area (TPSA) is 73.1 Å². The first kappa shape index (κ1) is 12.4. The number of rotatable bonds is 3. The number of aryl methyl sites for hydroxylation is 1. The van der Waals surface area contributed by atoms with Gasteiger partial charge in [-0.25, -0.2) is 9.97 Å². The van der Waals surface area contributed by atoms with Crippen molar-refractivity contribution in [1.29, 1.82) is 0 Å². The van der Waals surface area contributed by atoms with Crippen molar-refractivity contribution in [3.05, 3.63) is 11.0 Å². The molecular formula is C11H17ClN4O. The molecule has 1 aromatic heterocycles. The fourth-order valence-corrected chi connectivity index (χ4v) is 2.09. The molecule has 2 heterocycles. The predicted molar refractivity (Wildman–Crippen MR) is 68.2 cm³/mol. The molecule has 1 aliphatic heterocycles. The van der Waals surface area contributed by atoms with Crippen molar-refractivity contribution in [3.63, 3.8) is 0 Å². The molecule has 3 N–H and O–H groups in total. The lowest BCUT2D eigenvalue weighted by molar-refractivity contribution is 0.0699. The van der Waals surface area contributed by atoms with Crippen molar-refractivity contribution < 1.29 is 4.74 Å². The van der Waals surface area contributed by atoms with Crippen LogP contribution >= 0.6 is 11.6 Å². The Hall–Kier alpha value is -1.07. The van der Waals surface area contributed by atoms with Crippen LogP contribution in [0.15, 0.2) is 0 Å². The number of nitrogen functional groups attached to an aromatic ring is 1. The summed E-state index contributed by atoms with van der Waals surface area (Å²) in [6.45, 7) is 4.32. The largest absolute Gasteiger partial charge is 0.393 e. The molecule has 17 heavy (non-hydrogen) atoms. The molecule has 0 atom stereocenters. The van der Waals surface area contributed by atoms with Crippen LogP contribution in [0.5, 0.6) is 0 Å². The Kier molecular flexibility index (Phi) is 4.02. The normalized spacial score (nSPS) is 17.1. The minimum Gasteiger partial charge on any atom is -0.393 e. The van der Waals surface area contributed by atoms with Crippen molar-refractivity contribution in [2.24, 2.45) is 5.92 Å². The lowest BCUT2D eigenvalue weighted by Gasteiger charge is -2.22. The summed E-state index contributed by atoms with van der Waals surface area (Å²) in [6, 6.07) is 0. The summed E-state index contributed by atoms with van der Waals surface area (Å²) in [6.07, 6.45) is 2.15. The predicted octanol–water partition coefficient (Wildman–Crippen LogP) is 1.86. The summed E-state index contributed by atoms with van der Waals surface area (Å²) in [5.41, 5.74) is 6.24. The molecule has 0 aromatic carbocycles. The second-order valence-electron chi connectivity index (χ2n) is 4.26. The minimum absolute atomic E-state index is 0.312. The van der Waals surface area contributed by atoms with E-state index in [1.54, 1.807) is 6.92 Å². The van der Waals surface area contributed by atoms with E-state index in [1.165, 1.54) is 0 Å². The molecule has 0 saturated carbocycles. The highest BCUT2D eigenvalue weighted by Gasteiger charge is 2.15. The van der Waals surface area contributed by atoms with E-state index in [0.29, 0.717) is 28.4 Å². The fraction of sp³-hybridized carbons (Fsp3) is 0.636. The maximum Gasteiger partial charge on any atom is 0.157 e. The van der Waals surface area contributed by atoms with E-state index in [-0.39, 0.29) is 0 Å². The first-order chi connectivity index (χ1) is 8.16. The first-order valence-electron chi connectivity index (χ1n) is 5.78. The van der Waals surface area contributed by atoms with Gasteiger partial charge in [0.1, 0.15) is 11.5 Å². The van der Waals surface area contributed by atoms with Gasteiger partial charge in [-0.05, 0) is 25.7 Å². The van der Waals surface area contributed by atoms with Crippen LogP contribution in [0, 0.1) is 12.8 Å². The molecule has 0 unspecified atom stereocenters. The van der Waals surface area contributed by atoms with Gasteiger partial charge in [0.15, 0.2) is 11.0 Å². The van der Waals surface area contributed by atoms with Crippen molar-refractivity contribution in [2.75, 3.05) is 30.8 Å². The van der Waals surface area contributed by atoms with Crippen LogP contribution in [-0.4, -0.2) is 29.7 Å². The number of halogens is 1. The zero-order valence-electron chi connectivity index (χ0n) is 9.87. The van der Waals surface area contributed by atoms with Crippen molar-refractivity contribution in [2.45, 2.75) is 19.8 Å². The molecule has 1 aliphatic rings. The quantitative estimate of drug-likeness (QED) is 0.808. The van der Waals surface area contributed by atoms with Gasteiger partial charge in [0.2, 0.25) is 0 Å². The van der Waals surface area contributed by atoms with Crippen LogP contribution in [0.25, 0.3) is 0 Å². The second kappa shape index (κ2) is 5.51. The smallest absolute Gasteiger partial charge is 0.157 e. The third-order valence-electron chi connectivity index (χ3n) is 2.91. The number of ether oxygens (including phenoxy) is 1. The monoisotopic (exact) mass is 256 g/mol. The van der Waals surface area contributed by atoms with Gasteiger partial charge in [0.05, 0.1) is 0 Å². The van der Waals surface area contributed by atoms with Crippen LogP contribution < -0.4 is 11.1 Å². The Morgan fingerprint density at radius 3 is 2.82 bits per heavy atom. The summed E-state index contributed by atoms with van der Waals surface area (Å²) >= 11 is 5.90. The average molecular weight is 257 g/mol. The van der Waals surface area contributed by atoms with Gasteiger partial charge in [-0.1, -0.05) is 11.6 Å². The van der Waals surface area contributed by atoms with Gasteiger partial charge in [0.25, 0.3) is 0 Å². The Balaban J connectivity index is 1.98. The average Bonchev–Trinajstić information content (AvgIpc) is 2.33. The lowest BCUT2D eigenvalue weighted by Crippen LogP contribution is -2.23. The number of nitrogens with two attached hydrogens (primary N) is 1. The highest BCUT2D eigenvalue weighted by Crippen LogP contribution is 2.24. The number of nitrogens with one attached hydrogen (secondary N) is 1. The standard InChI is InChI=1S/C11H17ClN4O/c1-7-15-10(12)9(13)11(16-7)14-6-8-2-4-17-5-3-8/h8H,2-6,13H2,1H3,(H,14,15,16). The van der Waals surface area contributed by atoms with Crippen molar-refractivity contribution in [3.8, 4) is 0 Å². The number of hydrogen-bond acceptors (Lipinski definition) is 5. The molecule has 6 heteroatoms. The lowest BCUT2D eigenvalue weighted by atomic mass is 10.0. The Labute approximate surface area is 106 Å². The van der Waals surface area contributed by atoms with Gasteiger partial charge in [-0.15, -0.1) is 0 Å². The third-order valence-corrected chi connectivity index (χ3v) is 3.20. The van der Waals surface area contributed by atoms with E-state index >= 15 is 0 Å². The molecule has 5 nitrogen and oxygen atoms in total. The molecular weight excluding hydrogens is 240 g/mol. The van der Waals surface area contributed by atoms with Crippen LogP contribution in [-0.2, 0) is 4.74 Å². The molecule has 1 aromatic rings. The Morgan fingerprint density at radius 1 is 1.41 bits per heavy atom.